The molecule has 0 radical (unpaired) electrons. The molecule has 0 fully saturated rings. The fraction of sp³-hybridized carbons (Fsp3) is 0.222. The Morgan fingerprint density at radius 3 is 2.60 bits per heavy atom. The van der Waals surface area contributed by atoms with Crippen molar-refractivity contribution in [1.82, 2.24) is 10.3 Å². The highest BCUT2D eigenvalue weighted by molar-refractivity contribution is 6.08. The van der Waals surface area contributed by atoms with Gasteiger partial charge in [0.1, 0.15) is 5.69 Å². The third kappa shape index (κ3) is 4.63. The molecule has 2 rings (SSSR count). The molecule has 0 aliphatic heterocycles. The number of amides is 2. The van der Waals surface area contributed by atoms with Crippen LogP contribution in [0.25, 0.3) is 0 Å². The number of para-hydroxylation sites is 1. The van der Waals surface area contributed by atoms with E-state index in [1.807, 2.05) is 6.92 Å². The van der Waals surface area contributed by atoms with Crippen molar-refractivity contribution < 1.29 is 19.1 Å². The van der Waals surface area contributed by atoms with Crippen LogP contribution in [0.2, 0.25) is 0 Å². The highest BCUT2D eigenvalue weighted by atomic mass is 16.5. The van der Waals surface area contributed by atoms with E-state index in [4.69, 9.17) is 4.74 Å². The maximum Gasteiger partial charge on any atom is 0.339 e. The number of pyridine rings is 1. The quantitative estimate of drug-likeness (QED) is 0.786. The normalized spacial score (nSPS) is 10.0. The first-order valence-corrected chi connectivity index (χ1v) is 7.79. The van der Waals surface area contributed by atoms with Crippen LogP contribution in [-0.2, 0) is 4.74 Å². The molecule has 0 atom stereocenters. The topological polar surface area (TPSA) is 97.4 Å². The highest BCUT2D eigenvalue weighted by Crippen LogP contribution is 2.17. The maximum atomic E-state index is 12.4. The number of rotatable bonds is 6. The van der Waals surface area contributed by atoms with E-state index in [2.05, 4.69) is 15.6 Å². The van der Waals surface area contributed by atoms with Crippen molar-refractivity contribution in [3.05, 3.63) is 59.4 Å². The third-order valence-corrected chi connectivity index (χ3v) is 3.37. The monoisotopic (exact) mass is 341 g/mol. The van der Waals surface area contributed by atoms with E-state index < -0.39 is 11.9 Å². The number of hydrogen-bond acceptors (Lipinski definition) is 5. The molecule has 0 bridgehead atoms. The predicted octanol–water partition coefficient (Wildman–Crippen LogP) is 2.26. The highest BCUT2D eigenvalue weighted by Gasteiger charge is 2.16. The van der Waals surface area contributed by atoms with Gasteiger partial charge >= 0.3 is 5.97 Å². The number of benzene rings is 1. The Hall–Kier alpha value is -3.22. The summed E-state index contributed by atoms with van der Waals surface area (Å²) >= 11 is 0. The van der Waals surface area contributed by atoms with Crippen molar-refractivity contribution in [2.75, 3.05) is 19.0 Å². The zero-order chi connectivity index (χ0) is 18.2. The van der Waals surface area contributed by atoms with Gasteiger partial charge in [0.05, 0.1) is 18.4 Å². The maximum absolute atomic E-state index is 12.4. The van der Waals surface area contributed by atoms with Crippen LogP contribution in [0.1, 0.15) is 44.5 Å². The Morgan fingerprint density at radius 1 is 1.12 bits per heavy atom. The average molecular weight is 341 g/mol. The van der Waals surface area contributed by atoms with Gasteiger partial charge in [0.2, 0.25) is 0 Å². The molecule has 2 amide bonds. The minimum Gasteiger partial charge on any atom is -0.465 e. The predicted molar refractivity (Wildman–Crippen MR) is 92.6 cm³/mol. The van der Waals surface area contributed by atoms with Gasteiger partial charge in [0, 0.05) is 18.3 Å². The van der Waals surface area contributed by atoms with Crippen LogP contribution in [-0.4, -0.2) is 36.4 Å². The number of nitrogens with one attached hydrogen (secondary N) is 2. The molecule has 0 unspecified atom stereocenters. The number of anilines is 1. The first-order chi connectivity index (χ1) is 12.1. The van der Waals surface area contributed by atoms with Gasteiger partial charge in [-0.05, 0) is 30.7 Å². The minimum atomic E-state index is -0.559. The lowest BCUT2D eigenvalue weighted by molar-refractivity contribution is 0.0601. The van der Waals surface area contributed by atoms with E-state index >= 15 is 0 Å². The number of carbonyl (C=O) groups excluding carboxylic acids is 3. The molecule has 25 heavy (non-hydrogen) atoms. The van der Waals surface area contributed by atoms with E-state index in [1.54, 1.807) is 24.3 Å². The van der Waals surface area contributed by atoms with Gasteiger partial charge in [0.15, 0.2) is 0 Å². The van der Waals surface area contributed by atoms with Gasteiger partial charge in [-0.2, -0.15) is 0 Å². The van der Waals surface area contributed by atoms with Gasteiger partial charge in [-0.3, -0.25) is 14.6 Å². The Labute approximate surface area is 145 Å². The van der Waals surface area contributed by atoms with Crippen molar-refractivity contribution in [3.8, 4) is 0 Å². The van der Waals surface area contributed by atoms with Gasteiger partial charge in [-0.1, -0.05) is 19.1 Å². The Kier molecular flexibility index (Phi) is 6.22. The van der Waals surface area contributed by atoms with Crippen molar-refractivity contribution >= 4 is 23.5 Å². The standard InChI is InChI=1S/C18H19N3O4/c1-3-9-20-16(22)12-8-10-19-15(11-12)17(23)21-14-7-5-4-6-13(14)18(24)25-2/h4-8,10-11H,3,9H2,1-2H3,(H,20,22)(H,21,23). The third-order valence-electron chi connectivity index (χ3n) is 3.37. The van der Waals surface area contributed by atoms with E-state index in [9.17, 15) is 14.4 Å². The first kappa shape index (κ1) is 18.1. The molecule has 1 heterocycles. The molecule has 0 saturated heterocycles. The second-order valence-electron chi connectivity index (χ2n) is 5.18. The number of ether oxygens (including phenoxy) is 1. The van der Waals surface area contributed by atoms with E-state index in [-0.39, 0.29) is 17.2 Å². The van der Waals surface area contributed by atoms with Crippen LogP contribution in [0.5, 0.6) is 0 Å². The molecule has 1 aromatic heterocycles. The summed E-state index contributed by atoms with van der Waals surface area (Å²) < 4.78 is 4.69. The molecule has 2 aromatic rings. The Morgan fingerprint density at radius 2 is 1.88 bits per heavy atom. The molecule has 7 heteroatoms. The summed E-state index contributed by atoms with van der Waals surface area (Å²) in [4.78, 5) is 40.1. The Balaban J connectivity index is 2.20. The molecule has 1 aromatic carbocycles. The fourth-order valence-corrected chi connectivity index (χ4v) is 2.10. The van der Waals surface area contributed by atoms with E-state index in [1.165, 1.54) is 25.4 Å². The summed E-state index contributed by atoms with van der Waals surface area (Å²) in [7, 11) is 1.26. The number of carbonyl (C=O) groups is 3. The SMILES string of the molecule is CCCNC(=O)c1ccnc(C(=O)Nc2ccccc2C(=O)OC)c1. The van der Waals surface area contributed by atoms with Crippen molar-refractivity contribution in [2.24, 2.45) is 0 Å². The van der Waals surface area contributed by atoms with Crippen LogP contribution in [0.3, 0.4) is 0 Å². The molecule has 7 nitrogen and oxygen atoms in total. The van der Waals surface area contributed by atoms with Crippen molar-refractivity contribution in [3.63, 3.8) is 0 Å². The summed E-state index contributed by atoms with van der Waals surface area (Å²) in [5, 5.41) is 5.35. The largest absolute Gasteiger partial charge is 0.465 e. The van der Waals surface area contributed by atoms with Crippen LogP contribution >= 0.6 is 0 Å². The summed E-state index contributed by atoms with van der Waals surface area (Å²) in [6, 6.07) is 9.42. The van der Waals surface area contributed by atoms with Crippen LogP contribution < -0.4 is 10.6 Å². The van der Waals surface area contributed by atoms with Crippen LogP contribution in [0.15, 0.2) is 42.6 Å². The lowest BCUT2D eigenvalue weighted by atomic mass is 10.1. The molecule has 130 valence electrons. The second kappa shape index (κ2) is 8.58. The summed E-state index contributed by atoms with van der Waals surface area (Å²) in [6.45, 7) is 2.50. The number of hydrogen-bond donors (Lipinski definition) is 2. The average Bonchev–Trinajstić information content (AvgIpc) is 2.66. The summed E-state index contributed by atoms with van der Waals surface area (Å²) in [5.41, 5.74) is 0.954. The second-order valence-corrected chi connectivity index (χ2v) is 5.18. The minimum absolute atomic E-state index is 0.0730. The number of nitrogens with zero attached hydrogens (tertiary/aromatic N) is 1. The van der Waals surface area contributed by atoms with Gasteiger partial charge in [-0.15, -0.1) is 0 Å². The molecular formula is C18H19N3O4. The fourth-order valence-electron chi connectivity index (χ4n) is 2.10. The van der Waals surface area contributed by atoms with Crippen LogP contribution in [0.4, 0.5) is 5.69 Å². The van der Waals surface area contributed by atoms with Crippen LogP contribution in [0, 0.1) is 0 Å². The molecule has 0 aliphatic rings. The van der Waals surface area contributed by atoms with Gasteiger partial charge < -0.3 is 15.4 Å². The summed E-state index contributed by atoms with van der Waals surface area (Å²) in [5.74, 6) is -1.36. The van der Waals surface area contributed by atoms with E-state index in [0.29, 0.717) is 17.8 Å². The molecular weight excluding hydrogens is 322 g/mol. The van der Waals surface area contributed by atoms with Crippen molar-refractivity contribution in [1.29, 1.82) is 0 Å². The van der Waals surface area contributed by atoms with E-state index in [0.717, 1.165) is 6.42 Å². The first-order valence-electron chi connectivity index (χ1n) is 7.79. The zero-order valence-corrected chi connectivity index (χ0v) is 14.0. The van der Waals surface area contributed by atoms with Gasteiger partial charge in [0.25, 0.3) is 11.8 Å². The lowest BCUT2D eigenvalue weighted by Crippen LogP contribution is -2.25. The smallest absolute Gasteiger partial charge is 0.339 e. The molecule has 0 aliphatic carbocycles. The van der Waals surface area contributed by atoms with Crippen molar-refractivity contribution in [2.45, 2.75) is 13.3 Å². The van der Waals surface area contributed by atoms with Gasteiger partial charge in [-0.25, -0.2) is 4.79 Å². The Bertz CT molecular complexity index is 789. The number of methoxy groups -OCH3 is 1. The molecule has 0 saturated carbocycles. The molecule has 2 N–H and O–H groups in total. The molecule has 0 spiro atoms. The summed E-state index contributed by atoms with van der Waals surface area (Å²) in [6.07, 6.45) is 2.20. The number of esters is 1. The number of aromatic nitrogens is 1. The lowest BCUT2D eigenvalue weighted by Gasteiger charge is -2.10. The zero-order valence-electron chi connectivity index (χ0n) is 14.0.